The van der Waals surface area contributed by atoms with Gasteiger partial charge in [0.05, 0.1) is 12.2 Å². The molecule has 2 unspecified atom stereocenters. The van der Waals surface area contributed by atoms with Crippen molar-refractivity contribution < 1.29 is 10.2 Å². The van der Waals surface area contributed by atoms with Gasteiger partial charge in [-0.3, -0.25) is 0 Å². The zero-order valence-corrected chi connectivity index (χ0v) is 4.75. The van der Waals surface area contributed by atoms with Gasteiger partial charge >= 0.3 is 0 Å². The Bertz CT molecular complexity index is 64.9. The summed E-state index contributed by atoms with van der Waals surface area (Å²) in [5.41, 5.74) is 0. The largest absolute Gasteiger partial charge is 0.393 e. The Morgan fingerprint density at radius 1 is 1.12 bits per heavy atom. The van der Waals surface area contributed by atoms with E-state index in [4.69, 9.17) is 10.2 Å². The van der Waals surface area contributed by atoms with Crippen molar-refractivity contribution in [3.8, 4) is 0 Å². The quantitative estimate of drug-likeness (QED) is 0.470. The molecule has 0 aromatic rings. The second kappa shape index (κ2) is 2.46. The molecule has 1 aliphatic carbocycles. The van der Waals surface area contributed by atoms with E-state index in [1.54, 1.807) is 0 Å². The van der Waals surface area contributed by atoms with Gasteiger partial charge in [0.1, 0.15) is 0 Å². The molecular weight excluding hydrogens is 104 g/mol. The molecule has 0 spiro atoms. The molecule has 2 heteroatoms. The third-order valence-corrected chi connectivity index (χ3v) is 1.42. The van der Waals surface area contributed by atoms with Crippen LogP contribution in [0.1, 0.15) is 19.3 Å². The minimum absolute atomic E-state index is 0.293. The van der Waals surface area contributed by atoms with Crippen LogP contribution in [0.15, 0.2) is 0 Å². The van der Waals surface area contributed by atoms with E-state index in [0.29, 0.717) is 6.42 Å². The fourth-order valence-corrected chi connectivity index (χ4v) is 0.988. The van der Waals surface area contributed by atoms with Crippen molar-refractivity contribution in [2.75, 3.05) is 0 Å². The van der Waals surface area contributed by atoms with E-state index >= 15 is 0 Å². The summed E-state index contributed by atoms with van der Waals surface area (Å²) in [5, 5.41) is 17.8. The number of rotatable bonds is 0. The van der Waals surface area contributed by atoms with Crippen LogP contribution in [0.25, 0.3) is 0 Å². The predicted molar refractivity (Wildman–Crippen MR) is 30.2 cm³/mol. The summed E-state index contributed by atoms with van der Waals surface area (Å²) in [6, 6.07) is 0. The highest BCUT2D eigenvalue weighted by Gasteiger charge is 2.16. The Labute approximate surface area is 49.1 Å². The van der Waals surface area contributed by atoms with Crippen LogP contribution in [0.5, 0.6) is 0 Å². The molecule has 8 heavy (non-hydrogen) atoms. The van der Waals surface area contributed by atoms with E-state index in [9.17, 15) is 0 Å². The first kappa shape index (κ1) is 6.05. The van der Waals surface area contributed by atoms with Crippen LogP contribution < -0.4 is 0 Å². The minimum atomic E-state index is -0.293. The van der Waals surface area contributed by atoms with Crippen molar-refractivity contribution in [2.45, 2.75) is 31.5 Å². The second-order valence-electron chi connectivity index (χ2n) is 2.30. The lowest BCUT2D eigenvalue weighted by molar-refractivity contribution is 0.0590. The van der Waals surface area contributed by atoms with Gasteiger partial charge in [-0.15, -0.1) is 0 Å². The van der Waals surface area contributed by atoms with E-state index in [0.717, 1.165) is 12.8 Å². The van der Waals surface area contributed by atoms with Crippen LogP contribution in [-0.2, 0) is 0 Å². The van der Waals surface area contributed by atoms with E-state index in [1.165, 1.54) is 0 Å². The lowest BCUT2D eigenvalue weighted by Gasteiger charge is -2.20. The first-order chi connectivity index (χ1) is 3.79. The van der Waals surface area contributed by atoms with Crippen molar-refractivity contribution in [1.82, 2.24) is 0 Å². The van der Waals surface area contributed by atoms with Gasteiger partial charge in [0.25, 0.3) is 0 Å². The monoisotopic (exact) mass is 115 g/mol. The summed E-state index contributed by atoms with van der Waals surface area (Å²) in [6.07, 6.45) is 3.39. The molecule has 1 fully saturated rings. The molecule has 0 heterocycles. The Morgan fingerprint density at radius 3 is 1.88 bits per heavy atom. The maximum Gasteiger partial charge on any atom is 0.0567 e. The molecule has 47 valence electrons. The molecule has 1 rings (SSSR count). The first-order valence-electron chi connectivity index (χ1n) is 2.97. The number of hydrogen-bond donors (Lipinski definition) is 2. The number of hydrogen-bond acceptors (Lipinski definition) is 2. The lowest BCUT2D eigenvalue weighted by Crippen LogP contribution is -2.23. The summed E-state index contributed by atoms with van der Waals surface area (Å²) < 4.78 is 0. The highest BCUT2D eigenvalue weighted by Crippen LogP contribution is 2.16. The second-order valence-corrected chi connectivity index (χ2v) is 2.30. The average molecular weight is 115 g/mol. The molecule has 0 aliphatic heterocycles. The lowest BCUT2D eigenvalue weighted by atomic mass is 9.95. The van der Waals surface area contributed by atoms with Crippen LogP contribution in [0.3, 0.4) is 0 Å². The Morgan fingerprint density at radius 2 is 1.62 bits per heavy atom. The first-order valence-corrected chi connectivity index (χ1v) is 2.97. The van der Waals surface area contributed by atoms with E-state index in [-0.39, 0.29) is 12.2 Å². The van der Waals surface area contributed by atoms with Crippen LogP contribution in [0.4, 0.5) is 0 Å². The molecular formula is C6H11O2. The summed E-state index contributed by atoms with van der Waals surface area (Å²) in [5.74, 6) is 0. The Hall–Kier alpha value is -0.0800. The van der Waals surface area contributed by atoms with Gasteiger partial charge in [0, 0.05) is 0 Å². The predicted octanol–water partition coefficient (Wildman–Crippen LogP) is 0.0964. The molecule has 2 N–H and O–H groups in total. The van der Waals surface area contributed by atoms with Crippen molar-refractivity contribution in [1.29, 1.82) is 0 Å². The smallest absolute Gasteiger partial charge is 0.0567 e. The van der Waals surface area contributed by atoms with Crippen molar-refractivity contribution in [3.05, 3.63) is 6.42 Å². The third kappa shape index (κ3) is 1.46. The van der Waals surface area contributed by atoms with Crippen LogP contribution >= 0.6 is 0 Å². The topological polar surface area (TPSA) is 40.5 Å². The normalized spacial score (nSPS) is 39.8. The van der Waals surface area contributed by atoms with Gasteiger partial charge in [0.2, 0.25) is 0 Å². The Kier molecular flexibility index (Phi) is 1.86. The van der Waals surface area contributed by atoms with Gasteiger partial charge in [-0.05, 0) is 25.7 Å². The molecule has 0 aromatic carbocycles. The molecule has 0 bridgehead atoms. The number of aliphatic hydroxyl groups is 2. The van der Waals surface area contributed by atoms with Gasteiger partial charge < -0.3 is 10.2 Å². The SMILES string of the molecule is OC1C[CH]CC(O)C1. The zero-order valence-electron chi connectivity index (χ0n) is 4.75. The molecule has 1 saturated carbocycles. The maximum absolute atomic E-state index is 8.89. The van der Waals surface area contributed by atoms with E-state index in [1.807, 2.05) is 6.42 Å². The fraction of sp³-hybridized carbons (Fsp3) is 0.833. The molecule has 1 aliphatic rings. The molecule has 0 saturated heterocycles. The molecule has 2 nitrogen and oxygen atoms in total. The molecule has 0 amide bonds. The highest BCUT2D eigenvalue weighted by molar-refractivity contribution is 4.82. The van der Waals surface area contributed by atoms with Crippen LogP contribution in [0, 0.1) is 6.42 Å². The van der Waals surface area contributed by atoms with Gasteiger partial charge in [-0.25, -0.2) is 0 Å². The van der Waals surface area contributed by atoms with Gasteiger partial charge in [-0.2, -0.15) is 0 Å². The van der Waals surface area contributed by atoms with E-state index in [2.05, 4.69) is 0 Å². The summed E-state index contributed by atoms with van der Waals surface area (Å²) in [4.78, 5) is 0. The van der Waals surface area contributed by atoms with Gasteiger partial charge in [-0.1, -0.05) is 0 Å². The standard InChI is InChI=1S/C6H11O2/c7-5-2-1-3-6(8)4-5/h1,5-8H,2-4H2. The minimum Gasteiger partial charge on any atom is -0.393 e. The fourth-order valence-electron chi connectivity index (χ4n) is 0.988. The number of aliphatic hydroxyl groups excluding tert-OH is 2. The van der Waals surface area contributed by atoms with Gasteiger partial charge in [0.15, 0.2) is 0 Å². The average Bonchev–Trinajstić information content (AvgIpc) is 1.64. The van der Waals surface area contributed by atoms with Crippen LogP contribution in [0.2, 0.25) is 0 Å². The third-order valence-electron chi connectivity index (χ3n) is 1.42. The maximum atomic E-state index is 8.89. The van der Waals surface area contributed by atoms with Crippen molar-refractivity contribution in [3.63, 3.8) is 0 Å². The summed E-state index contributed by atoms with van der Waals surface area (Å²) in [7, 11) is 0. The van der Waals surface area contributed by atoms with Crippen molar-refractivity contribution >= 4 is 0 Å². The zero-order chi connectivity index (χ0) is 5.98. The summed E-state index contributed by atoms with van der Waals surface area (Å²) >= 11 is 0. The molecule has 2 atom stereocenters. The molecule has 1 radical (unpaired) electrons. The van der Waals surface area contributed by atoms with Crippen LogP contribution in [-0.4, -0.2) is 22.4 Å². The molecule has 0 aromatic heterocycles. The van der Waals surface area contributed by atoms with Crippen molar-refractivity contribution in [2.24, 2.45) is 0 Å². The highest BCUT2D eigenvalue weighted by atomic mass is 16.3. The van der Waals surface area contributed by atoms with E-state index < -0.39 is 0 Å². The Balaban J connectivity index is 2.23. The summed E-state index contributed by atoms with van der Waals surface area (Å²) in [6.45, 7) is 0.